The van der Waals surface area contributed by atoms with Crippen molar-refractivity contribution in [1.82, 2.24) is 15.8 Å². The van der Waals surface area contributed by atoms with Gasteiger partial charge < -0.3 is 5.73 Å². The number of nitrogens with one attached hydrogen (secondary N) is 2. The fourth-order valence-corrected chi connectivity index (χ4v) is 1.95. The molecule has 3 atom stereocenters. The maximum Gasteiger partial charge on any atom is 0.0779 e. The van der Waals surface area contributed by atoms with Gasteiger partial charge in [-0.1, -0.05) is 13.0 Å². The lowest BCUT2D eigenvalue weighted by atomic mass is 9.93. The zero-order chi connectivity index (χ0) is 9.97. The van der Waals surface area contributed by atoms with Crippen LogP contribution in [0.25, 0.3) is 0 Å². The van der Waals surface area contributed by atoms with Crippen molar-refractivity contribution in [2.45, 2.75) is 31.5 Å². The van der Waals surface area contributed by atoms with Crippen molar-refractivity contribution >= 4 is 0 Å². The van der Waals surface area contributed by atoms with Gasteiger partial charge >= 0.3 is 0 Å². The molecule has 1 saturated heterocycles. The van der Waals surface area contributed by atoms with Gasteiger partial charge in [-0.05, 0) is 18.6 Å². The Morgan fingerprint density at radius 1 is 1.43 bits per heavy atom. The summed E-state index contributed by atoms with van der Waals surface area (Å²) in [5.41, 5.74) is 13.3. The van der Waals surface area contributed by atoms with E-state index < -0.39 is 0 Å². The van der Waals surface area contributed by atoms with E-state index in [9.17, 15) is 0 Å². The maximum absolute atomic E-state index is 5.96. The van der Waals surface area contributed by atoms with Crippen LogP contribution in [0.2, 0.25) is 0 Å². The van der Waals surface area contributed by atoms with Crippen molar-refractivity contribution in [2.75, 3.05) is 0 Å². The fourth-order valence-electron chi connectivity index (χ4n) is 1.95. The average Bonchev–Trinajstić information content (AvgIpc) is 2.61. The van der Waals surface area contributed by atoms with E-state index in [1.807, 2.05) is 24.4 Å². The molecule has 0 amide bonds. The first-order valence-electron chi connectivity index (χ1n) is 5.00. The van der Waals surface area contributed by atoms with Crippen LogP contribution in [0.4, 0.5) is 0 Å². The molecule has 0 saturated carbocycles. The van der Waals surface area contributed by atoms with E-state index in [0.29, 0.717) is 6.04 Å². The summed E-state index contributed by atoms with van der Waals surface area (Å²) < 4.78 is 0. The molecule has 1 aromatic heterocycles. The smallest absolute Gasteiger partial charge is 0.0779 e. The lowest BCUT2D eigenvalue weighted by Gasteiger charge is -2.18. The van der Waals surface area contributed by atoms with Crippen molar-refractivity contribution < 1.29 is 0 Å². The summed E-state index contributed by atoms with van der Waals surface area (Å²) in [7, 11) is 0. The molecule has 2 heterocycles. The highest BCUT2D eigenvalue weighted by Crippen LogP contribution is 2.24. The molecular weight excluding hydrogens is 176 g/mol. The van der Waals surface area contributed by atoms with Crippen LogP contribution < -0.4 is 16.6 Å². The molecule has 0 aromatic carbocycles. The molecule has 1 fully saturated rings. The quantitative estimate of drug-likeness (QED) is 0.632. The summed E-state index contributed by atoms with van der Waals surface area (Å²) in [6.45, 7) is 2.15. The monoisotopic (exact) mass is 192 g/mol. The summed E-state index contributed by atoms with van der Waals surface area (Å²) in [5.74, 6) is 0.265. The summed E-state index contributed by atoms with van der Waals surface area (Å²) in [6, 6.07) is 6.33. The molecular formula is C10H16N4. The topological polar surface area (TPSA) is 63.0 Å². The zero-order valence-electron chi connectivity index (χ0n) is 8.27. The predicted octanol–water partition coefficient (Wildman–Crippen LogP) is 0.336. The van der Waals surface area contributed by atoms with Crippen LogP contribution in [0.1, 0.15) is 25.0 Å². The Kier molecular flexibility index (Phi) is 2.77. The van der Waals surface area contributed by atoms with Crippen molar-refractivity contribution in [3.63, 3.8) is 0 Å². The number of aromatic nitrogens is 1. The zero-order valence-corrected chi connectivity index (χ0v) is 8.27. The number of nitrogens with two attached hydrogens (primary N) is 1. The van der Waals surface area contributed by atoms with Crippen LogP contribution in [-0.2, 0) is 0 Å². The van der Waals surface area contributed by atoms with Crippen molar-refractivity contribution in [3.8, 4) is 0 Å². The highest BCUT2D eigenvalue weighted by atomic mass is 15.5. The second kappa shape index (κ2) is 4.04. The van der Waals surface area contributed by atoms with E-state index in [-0.39, 0.29) is 12.1 Å². The van der Waals surface area contributed by atoms with Crippen molar-refractivity contribution in [1.29, 1.82) is 0 Å². The number of pyridine rings is 1. The standard InChI is InChI=1S/C10H16N4/c1-2-7-9(10(11)14-13-7)8-5-3-4-6-12-8/h3-7,9-10,13-14H,2,11H2,1H3. The van der Waals surface area contributed by atoms with Gasteiger partial charge in [-0.25, -0.2) is 5.43 Å². The fraction of sp³-hybridized carbons (Fsp3) is 0.500. The van der Waals surface area contributed by atoms with E-state index in [0.717, 1.165) is 12.1 Å². The Bertz CT molecular complexity index is 287. The summed E-state index contributed by atoms with van der Waals surface area (Å²) >= 11 is 0. The lowest BCUT2D eigenvalue weighted by molar-refractivity contribution is 0.503. The molecule has 1 aliphatic rings. The first kappa shape index (κ1) is 9.58. The lowest BCUT2D eigenvalue weighted by Crippen LogP contribution is -2.38. The normalized spacial score (nSPS) is 32.0. The molecule has 0 aliphatic carbocycles. The van der Waals surface area contributed by atoms with E-state index in [1.165, 1.54) is 0 Å². The van der Waals surface area contributed by atoms with Gasteiger partial charge in [-0.2, -0.15) is 0 Å². The number of hydrogen-bond acceptors (Lipinski definition) is 4. The van der Waals surface area contributed by atoms with Gasteiger partial charge in [-0.15, -0.1) is 0 Å². The predicted molar refractivity (Wildman–Crippen MR) is 55.3 cm³/mol. The third-order valence-electron chi connectivity index (χ3n) is 2.72. The minimum absolute atomic E-state index is 0.0464. The molecule has 4 N–H and O–H groups in total. The van der Waals surface area contributed by atoms with Crippen LogP contribution in [0.5, 0.6) is 0 Å². The van der Waals surface area contributed by atoms with Crippen LogP contribution in [0, 0.1) is 0 Å². The number of hydrogen-bond donors (Lipinski definition) is 3. The number of rotatable bonds is 2. The number of hydrazine groups is 1. The number of nitrogens with zero attached hydrogens (tertiary/aromatic N) is 1. The highest BCUT2D eigenvalue weighted by Gasteiger charge is 2.34. The second-order valence-corrected chi connectivity index (χ2v) is 3.61. The van der Waals surface area contributed by atoms with Crippen LogP contribution >= 0.6 is 0 Å². The van der Waals surface area contributed by atoms with E-state index in [1.54, 1.807) is 0 Å². The highest BCUT2D eigenvalue weighted by molar-refractivity contribution is 5.16. The molecule has 76 valence electrons. The molecule has 0 bridgehead atoms. The Morgan fingerprint density at radius 2 is 2.29 bits per heavy atom. The molecule has 0 radical (unpaired) electrons. The molecule has 4 heteroatoms. The van der Waals surface area contributed by atoms with Gasteiger partial charge in [0.2, 0.25) is 0 Å². The molecule has 0 spiro atoms. The average molecular weight is 192 g/mol. The summed E-state index contributed by atoms with van der Waals surface area (Å²) in [4.78, 5) is 4.35. The van der Waals surface area contributed by atoms with Crippen LogP contribution in [0.15, 0.2) is 24.4 Å². The van der Waals surface area contributed by atoms with Gasteiger partial charge in [0, 0.05) is 23.9 Å². The van der Waals surface area contributed by atoms with Crippen LogP contribution in [-0.4, -0.2) is 17.2 Å². The van der Waals surface area contributed by atoms with Gasteiger partial charge in [0.05, 0.1) is 6.17 Å². The van der Waals surface area contributed by atoms with Crippen molar-refractivity contribution in [3.05, 3.63) is 30.1 Å². The summed E-state index contributed by atoms with van der Waals surface area (Å²) in [5, 5.41) is 0. The van der Waals surface area contributed by atoms with Crippen LogP contribution in [0.3, 0.4) is 0 Å². The van der Waals surface area contributed by atoms with Gasteiger partial charge in [0.15, 0.2) is 0 Å². The molecule has 3 unspecified atom stereocenters. The third kappa shape index (κ3) is 1.64. The van der Waals surface area contributed by atoms with Gasteiger partial charge in [-0.3, -0.25) is 10.4 Å². The first-order chi connectivity index (χ1) is 6.83. The Balaban J connectivity index is 2.23. The molecule has 1 aromatic rings. The molecule has 14 heavy (non-hydrogen) atoms. The molecule has 2 rings (SSSR count). The third-order valence-corrected chi connectivity index (χ3v) is 2.72. The van der Waals surface area contributed by atoms with Gasteiger partial charge in [0.1, 0.15) is 0 Å². The Labute approximate surface area is 83.9 Å². The van der Waals surface area contributed by atoms with Crippen molar-refractivity contribution in [2.24, 2.45) is 5.73 Å². The first-order valence-corrected chi connectivity index (χ1v) is 5.00. The largest absolute Gasteiger partial charge is 0.314 e. The maximum atomic E-state index is 5.96. The minimum atomic E-state index is -0.0464. The molecule has 1 aliphatic heterocycles. The van der Waals surface area contributed by atoms with E-state index in [2.05, 4.69) is 22.8 Å². The Hall–Kier alpha value is -0.970. The molecule has 4 nitrogen and oxygen atoms in total. The SMILES string of the molecule is CCC1NNC(N)C1c1ccccn1. The van der Waals surface area contributed by atoms with E-state index in [4.69, 9.17) is 5.73 Å². The summed E-state index contributed by atoms with van der Waals surface area (Å²) in [6.07, 6.45) is 2.81. The second-order valence-electron chi connectivity index (χ2n) is 3.61. The Morgan fingerprint density at radius 3 is 2.93 bits per heavy atom. The minimum Gasteiger partial charge on any atom is -0.314 e. The van der Waals surface area contributed by atoms with Gasteiger partial charge in [0.25, 0.3) is 0 Å². The van der Waals surface area contributed by atoms with E-state index >= 15 is 0 Å².